The van der Waals surface area contributed by atoms with Crippen LogP contribution in [-0.4, -0.2) is 88.2 Å². The van der Waals surface area contributed by atoms with Gasteiger partial charge < -0.3 is 14.0 Å². The number of carbonyl (C=O) groups is 1. The van der Waals surface area contributed by atoms with E-state index in [9.17, 15) is 21.6 Å². The van der Waals surface area contributed by atoms with E-state index >= 15 is 0 Å². The molecule has 2 aromatic carbocycles. The molecule has 2 aliphatic heterocycles. The second kappa shape index (κ2) is 11.1. The van der Waals surface area contributed by atoms with Crippen LogP contribution in [0.4, 0.5) is 0 Å². The quantitative estimate of drug-likeness (QED) is 0.410. The highest BCUT2D eigenvalue weighted by atomic mass is 32.2. The van der Waals surface area contributed by atoms with E-state index in [1.165, 1.54) is 26.1 Å². The molecule has 7 rings (SSSR count). The lowest BCUT2D eigenvalue weighted by Crippen LogP contribution is -2.48. The number of fused-ring (bicyclic) bond motifs is 7. The molecule has 3 fully saturated rings. The number of hydrogen-bond donors (Lipinski definition) is 1. The van der Waals surface area contributed by atoms with Crippen molar-refractivity contribution in [2.75, 3.05) is 47.5 Å². The number of benzene rings is 2. The Labute approximate surface area is 264 Å². The summed E-state index contributed by atoms with van der Waals surface area (Å²) in [4.78, 5) is 13.3. The number of aromatic nitrogens is 1. The number of nitrogens with zero attached hydrogens (tertiary/aromatic N) is 3. The summed E-state index contributed by atoms with van der Waals surface area (Å²) in [5, 5.41) is 0.976. The highest BCUT2D eigenvalue weighted by molar-refractivity contribution is 7.91. The first-order valence-electron chi connectivity index (χ1n) is 15.6. The number of ether oxygens (including phenoxy) is 2. The van der Waals surface area contributed by atoms with Crippen molar-refractivity contribution < 1.29 is 31.1 Å². The molecule has 13 heteroatoms. The molecule has 0 radical (unpaired) electrons. The van der Waals surface area contributed by atoms with Crippen LogP contribution in [0.3, 0.4) is 0 Å². The first-order valence-corrected chi connectivity index (χ1v) is 18.5. The molecule has 2 aliphatic carbocycles. The van der Waals surface area contributed by atoms with E-state index in [2.05, 4.69) is 15.4 Å². The van der Waals surface area contributed by atoms with Crippen LogP contribution in [0.1, 0.15) is 71.8 Å². The molecular weight excluding hydrogens is 617 g/mol. The van der Waals surface area contributed by atoms with Crippen molar-refractivity contribution in [2.24, 2.45) is 0 Å². The van der Waals surface area contributed by atoms with Gasteiger partial charge in [-0.15, -0.1) is 0 Å². The molecule has 1 saturated heterocycles. The van der Waals surface area contributed by atoms with Gasteiger partial charge in [-0.1, -0.05) is 25.3 Å². The fourth-order valence-electron chi connectivity index (χ4n) is 7.75. The number of methoxy groups -OCH3 is 1. The largest absolute Gasteiger partial charge is 0.497 e. The third-order valence-electron chi connectivity index (χ3n) is 10.2. The zero-order valence-electron chi connectivity index (χ0n) is 25.9. The van der Waals surface area contributed by atoms with Gasteiger partial charge in [-0.3, -0.25) is 4.79 Å². The van der Waals surface area contributed by atoms with E-state index < -0.39 is 30.9 Å². The molecule has 1 amide bonds. The Morgan fingerprint density at radius 3 is 2.44 bits per heavy atom. The van der Waals surface area contributed by atoms with Crippen molar-refractivity contribution in [2.45, 2.75) is 61.7 Å². The molecule has 3 aromatic rings. The lowest BCUT2D eigenvalue weighted by molar-refractivity contribution is 0.0723. The Morgan fingerprint density at radius 1 is 1.02 bits per heavy atom. The molecule has 4 aliphatic rings. The maximum Gasteiger partial charge on any atom is 0.303 e. The summed E-state index contributed by atoms with van der Waals surface area (Å²) in [6, 6.07) is 11.3. The van der Waals surface area contributed by atoms with Gasteiger partial charge in [-0.05, 0) is 66.6 Å². The highest BCUT2D eigenvalue weighted by Gasteiger charge is 2.67. The van der Waals surface area contributed by atoms with E-state index in [4.69, 9.17) is 9.47 Å². The Balaban J connectivity index is 1.47. The lowest BCUT2D eigenvalue weighted by atomic mass is 9.81. The standard InChI is InChI=1S/C32H40N4O7S2/c1-34(2)45(40,41)33-31(37)22-9-11-25-28(17-22)36-20-32(44(38,39)35-13-15-43-16-14-35)19-27(32)26-18-23(42-3)10-12-24(26)30(36)29(25)21-7-5-4-6-8-21/h9-12,17-18,21,27H,4-8,13-16,19-20H2,1-3H3,(H,33,37). The van der Waals surface area contributed by atoms with Crippen LogP contribution in [0.15, 0.2) is 36.4 Å². The van der Waals surface area contributed by atoms with Gasteiger partial charge in [0.2, 0.25) is 10.0 Å². The monoisotopic (exact) mass is 656 g/mol. The summed E-state index contributed by atoms with van der Waals surface area (Å²) in [5.74, 6) is 0.00558. The molecule has 2 unspecified atom stereocenters. The third-order valence-corrected chi connectivity index (χ3v) is 14.3. The third kappa shape index (κ3) is 4.89. The summed E-state index contributed by atoms with van der Waals surface area (Å²) in [6.07, 6.45) is 5.96. The predicted molar refractivity (Wildman–Crippen MR) is 171 cm³/mol. The molecular formula is C32H40N4O7S2. The molecule has 11 nitrogen and oxygen atoms in total. The zero-order valence-corrected chi connectivity index (χ0v) is 27.5. The highest BCUT2D eigenvalue weighted by Crippen LogP contribution is 2.64. The average molecular weight is 657 g/mol. The second-order valence-electron chi connectivity index (χ2n) is 12.9. The minimum absolute atomic E-state index is 0.194. The summed E-state index contributed by atoms with van der Waals surface area (Å²) in [6.45, 7) is 1.59. The van der Waals surface area contributed by atoms with E-state index in [1.54, 1.807) is 23.5 Å². The molecule has 2 saturated carbocycles. The van der Waals surface area contributed by atoms with Gasteiger partial charge in [0.15, 0.2) is 0 Å². The van der Waals surface area contributed by atoms with E-state index in [-0.39, 0.29) is 23.9 Å². The van der Waals surface area contributed by atoms with Crippen molar-refractivity contribution >= 4 is 37.0 Å². The summed E-state index contributed by atoms with van der Waals surface area (Å²) in [5.41, 5.74) is 5.09. The maximum atomic E-state index is 14.6. The Kier molecular flexibility index (Phi) is 7.55. The van der Waals surface area contributed by atoms with Crippen LogP contribution in [0.2, 0.25) is 0 Å². The molecule has 1 N–H and O–H groups in total. The first kappa shape index (κ1) is 30.7. The Bertz CT molecular complexity index is 1890. The number of rotatable bonds is 7. The summed E-state index contributed by atoms with van der Waals surface area (Å²) in [7, 11) is -3.43. The van der Waals surface area contributed by atoms with Crippen LogP contribution in [0.25, 0.3) is 22.2 Å². The minimum Gasteiger partial charge on any atom is -0.497 e. The van der Waals surface area contributed by atoms with Crippen molar-refractivity contribution in [1.82, 2.24) is 17.9 Å². The number of carbonyl (C=O) groups excluding carboxylic acids is 1. The van der Waals surface area contributed by atoms with Gasteiger partial charge in [0.1, 0.15) is 10.5 Å². The molecule has 242 valence electrons. The van der Waals surface area contributed by atoms with Gasteiger partial charge in [-0.25, -0.2) is 13.1 Å². The SMILES string of the molecule is COc1ccc2c(c1)C1CC1(S(=O)(=O)N1CCOCC1)Cn1c-2c(C2CCCCC2)c2ccc(C(=O)NS(=O)(=O)N(C)C)cc21. The van der Waals surface area contributed by atoms with Crippen LogP contribution >= 0.6 is 0 Å². The first-order chi connectivity index (χ1) is 21.5. The smallest absolute Gasteiger partial charge is 0.303 e. The molecule has 3 heterocycles. The van der Waals surface area contributed by atoms with Gasteiger partial charge in [-0.2, -0.15) is 17.0 Å². The van der Waals surface area contributed by atoms with Crippen molar-refractivity contribution in [1.29, 1.82) is 0 Å². The second-order valence-corrected chi connectivity index (χ2v) is 17.1. The lowest BCUT2D eigenvalue weighted by Gasteiger charge is -2.31. The predicted octanol–water partition coefficient (Wildman–Crippen LogP) is 3.80. The maximum absolute atomic E-state index is 14.6. The van der Waals surface area contributed by atoms with Gasteiger partial charge in [0.05, 0.1) is 26.0 Å². The minimum atomic E-state index is -4.00. The van der Waals surface area contributed by atoms with Crippen molar-refractivity contribution in [3.63, 3.8) is 0 Å². The molecule has 2 atom stereocenters. The van der Waals surface area contributed by atoms with E-state index in [0.717, 1.165) is 57.7 Å². The number of nitrogens with one attached hydrogen (secondary N) is 1. The Hall–Kier alpha value is -2.97. The molecule has 45 heavy (non-hydrogen) atoms. The number of sulfonamides is 1. The van der Waals surface area contributed by atoms with Crippen molar-refractivity contribution in [3.8, 4) is 17.0 Å². The Morgan fingerprint density at radius 2 is 1.76 bits per heavy atom. The fourth-order valence-corrected chi connectivity index (χ4v) is 10.6. The zero-order chi connectivity index (χ0) is 31.7. The van der Waals surface area contributed by atoms with Crippen LogP contribution in [-0.2, 0) is 31.5 Å². The van der Waals surface area contributed by atoms with Gasteiger partial charge in [0.25, 0.3) is 5.91 Å². The van der Waals surface area contributed by atoms with E-state index in [0.29, 0.717) is 38.5 Å². The molecule has 1 aromatic heterocycles. The van der Waals surface area contributed by atoms with Crippen molar-refractivity contribution in [3.05, 3.63) is 53.1 Å². The van der Waals surface area contributed by atoms with Crippen LogP contribution in [0, 0.1) is 0 Å². The van der Waals surface area contributed by atoms with E-state index in [1.807, 2.05) is 18.2 Å². The average Bonchev–Trinajstić information content (AvgIpc) is 3.72. The summed E-state index contributed by atoms with van der Waals surface area (Å²) >= 11 is 0. The van der Waals surface area contributed by atoms with Gasteiger partial charge >= 0.3 is 10.2 Å². The normalized spacial score (nSPS) is 24.0. The van der Waals surface area contributed by atoms with Gasteiger partial charge in [0, 0.05) is 61.7 Å². The molecule has 0 spiro atoms. The number of amides is 1. The molecule has 0 bridgehead atoms. The fraction of sp³-hybridized carbons (Fsp3) is 0.531. The summed E-state index contributed by atoms with van der Waals surface area (Å²) < 4.78 is 71.0. The van der Waals surface area contributed by atoms with Crippen LogP contribution < -0.4 is 9.46 Å². The number of hydrogen-bond acceptors (Lipinski definition) is 7. The number of morpholine rings is 1. The van der Waals surface area contributed by atoms with Crippen LogP contribution in [0.5, 0.6) is 5.75 Å². The topological polar surface area (TPSA) is 127 Å².